The fourth-order valence-electron chi connectivity index (χ4n) is 2.40. The molecule has 3 aromatic rings. The van der Waals surface area contributed by atoms with E-state index >= 15 is 0 Å². The predicted molar refractivity (Wildman–Crippen MR) is 108 cm³/mol. The molecule has 0 aliphatic rings. The number of aromatic nitrogens is 1. The first-order chi connectivity index (χ1) is 13.7. The minimum absolute atomic E-state index is 0.114. The number of hydrogen-bond donors (Lipinski definition) is 3. The van der Waals surface area contributed by atoms with Crippen LogP contribution >= 0.6 is 0 Å². The van der Waals surface area contributed by atoms with E-state index in [-0.39, 0.29) is 11.2 Å². The number of carbonyl (C=O) groups is 1. The standard InChI is InChI=1S/C14H16N2O.C7H6FNO2/c1-14(2,3)12-4-5-13-11(7-12)6-10(8-15-13)9-16-17;8-5-1-3-6(4-2-5)9-7(10)11/h4-9,17H,1-3H3;1-4,9H,(H,10,11)/i/hD. The molecule has 1 aromatic heterocycles. The summed E-state index contributed by atoms with van der Waals surface area (Å²) in [5.41, 5.74) is 3.51. The molecule has 0 saturated heterocycles. The van der Waals surface area contributed by atoms with Crippen LogP contribution < -0.4 is 5.32 Å². The monoisotopic (exact) mass is 384 g/mol. The van der Waals surface area contributed by atoms with E-state index in [0.717, 1.165) is 16.5 Å². The van der Waals surface area contributed by atoms with Crippen molar-refractivity contribution < 1.29 is 20.9 Å². The maximum Gasteiger partial charge on any atom is 0.409 e. The number of amides is 1. The highest BCUT2D eigenvalue weighted by Crippen LogP contribution is 2.25. The molecule has 1 amide bonds. The summed E-state index contributed by atoms with van der Waals surface area (Å²) in [5.74, 6) is -0.388. The second-order valence-electron chi connectivity index (χ2n) is 7.10. The molecule has 0 fully saturated rings. The number of oxime groups is 1. The van der Waals surface area contributed by atoms with Gasteiger partial charge in [0.1, 0.15) is 5.82 Å². The van der Waals surface area contributed by atoms with Crippen LogP contribution in [0.2, 0.25) is 1.43 Å². The highest BCUT2D eigenvalue weighted by Gasteiger charge is 2.13. The van der Waals surface area contributed by atoms with Crippen molar-refractivity contribution in [2.75, 3.05) is 5.32 Å². The Hall–Kier alpha value is -3.48. The maximum absolute atomic E-state index is 12.2. The van der Waals surface area contributed by atoms with Crippen molar-refractivity contribution in [2.24, 2.45) is 5.16 Å². The number of benzene rings is 2. The van der Waals surface area contributed by atoms with Gasteiger partial charge in [-0.2, -0.15) is 0 Å². The Labute approximate surface area is 163 Å². The Morgan fingerprint density at radius 2 is 1.93 bits per heavy atom. The molecule has 6 nitrogen and oxygen atoms in total. The summed E-state index contributed by atoms with van der Waals surface area (Å²) >= 11 is 0. The van der Waals surface area contributed by atoms with Crippen LogP contribution in [-0.2, 0) is 5.41 Å². The normalized spacial score (nSPS) is 11.5. The van der Waals surface area contributed by atoms with Gasteiger partial charge in [-0.05, 0) is 53.4 Å². The van der Waals surface area contributed by atoms with E-state index in [1.54, 1.807) is 6.20 Å². The van der Waals surface area contributed by atoms with E-state index in [2.05, 4.69) is 53.6 Å². The Balaban J connectivity index is 0.000000234. The topological polar surface area (TPSA) is 94.8 Å². The lowest BCUT2D eigenvalue weighted by Gasteiger charge is -2.19. The van der Waals surface area contributed by atoms with Gasteiger partial charge in [-0.15, -0.1) is 0 Å². The Bertz CT molecular complexity index is 1000. The van der Waals surface area contributed by atoms with Crippen LogP contribution in [0, 0.1) is 5.82 Å². The van der Waals surface area contributed by atoms with Gasteiger partial charge >= 0.3 is 7.52 Å². The molecule has 3 N–H and O–H groups in total. The number of hydrogen-bond acceptors (Lipinski definition) is 4. The van der Waals surface area contributed by atoms with E-state index in [0.29, 0.717) is 5.69 Å². The zero-order valence-electron chi connectivity index (χ0n) is 16.8. The van der Waals surface area contributed by atoms with Gasteiger partial charge in [-0.1, -0.05) is 32.0 Å². The molecular weight excluding hydrogens is 361 g/mol. The second-order valence-corrected chi connectivity index (χ2v) is 7.10. The summed E-state index contributed by atoms with van der Waals surface area (Å²) in [6.07, 6.45) is 2.03. The van der Waals surface area contributed by atoms with Crippen molar-refractivity contribution in [3.63, 3.8) is 0 Å². The van der Waals surface area contributed by atoms with Crippen LogP contribution in [0.15, 0.2) is 59.9 Å². The first-order valence-electron chi connectivity index (χ1n) is 8.91. The fraction of sp³-hybridized carbons (Fsp3) is 0.190. The molecule has 2 aromatic carbocycles. The summed E-state index contributed by atoms with van der Waals surface area (Å²) < 4.78 is 18.8. The smallest absolute Gasteiger partial charge is 0.409 e. The number of nitrogens with one attached hydrogen (secondary N) is 1. The highest BCUT2D eigenvalue weighted by atomic mass is 19.1. The zero-order valence-corrected chi connectivity index (χ0v) is 15.8. The molecule has 146 valence electrons. The predicted octanol–water partition coefficient (Wildman–Crippen LogP) is 5.26. The van der Waals surface area contributed by atoms with E-state index in [1.165, 1.54) is 36.0 Å². The molecule has 0 atom stereocenters. The van der Waals surface area contributed by atoms with Crippen LogP contribution in [0.4, 0.5) is 14.9 Å². The number of nitrogens with zero attached hydrogens (tertiary/aromatic N) is 2. The lowest BCUT2D eigenvalue weighted by atomic mass is 9.86. The van der Waals surface area contributed by atoms with Crippen molar-refractivity contribution in [1.82, 2.24) is 4.98 Å². The van der Waals surface area contributed by atoms with Gasteiger partial charge in [0.2, 0.25) is 0 Å². The largest absolute Gasteiger partial charge is 0.465 e. The van der Waals surface area contributed by atoms with Gasteiger partial charge in [0.15, 0.2) is 0 Å². The summed E-state index contributed by atoms with van der Waals surface area (Å²) in [7, 11) is 0. The van der Waals surface area contributed by atoms with Crippen LogP contribution in [0.1, 0.15) is 31.9 Å². The molecular formula is C21H22FN3O3. The van der Waals surface area contributed by atoms with E-state index in [9.17, 15) is 9.18 Å². The summed E-state index contributed by atoms with van der Waals surface area (Å²) in [6.45, 7) is 6.54. The van der Waals surface area contributed by atoms with Crippen molar-refractivity contribution in [3.05, 3.63) is 71.7 Å². The lowest BCUT2D eigenvalue weighted by molar-refractivity contribution is 0.209. The molecule has 1 heterocycles. The number of halogens is 1. The minimum atomic E-state index is -1.16. The molecule has 0 aliphatic carbocycles. The van der Waals surface area contributed by atoms with Gasteiger partial charge in [0, 0.05) is 22.8 Å². The molecule has 7 heteroatoms. The summed E-state index contributed by atoms with van der Waals surface area (Å²) in [6, 6.07) is 13.3. The van der Waals surface area contributed by atoms with Crippen molar-refractivity contribution in [3.8, 4) is 0 Å². The molecule has 0 saturated carbocycles. The number of pyridine rings is 1. The Morgan fingerprint density at radius 1 is 1.21 bits per heavy atom. The van der Waals surface area contributed by atoms with Gasteiger partial charge in [0.05, 0.1) is 11.7 Å². The van der Waals surface area contributed by atoms with E-state index in [4.69, 9.17) is 6.54 Å². The molecule has 0 unspecified atom stereocenters. The molecule has 0 radical (unpaired) electrons. The fourth-order valence-corrected chi connectivity index (χ4v) is 2.40. The molecule has 28 heavy (non-hydrogen) atoms. The first kappa shape index (κ1) is 19.3. The number of carboxylic acid groups (broad SMARTS) is 1. The SMILES string of the molecule is O=C(O)Nc1ccc(F)cc1.[2H]ON=Cc1cnc2ccc(C(C)(C)C)cc2c1. The maximum atomic E-state index is 12.2. The molecule has 0 bridgehead atoms. The van der Waals surface area contributed by atoms with Crippen molar-refractivity contribution in [2.45, 2.75) is 26.2 Å². The van der Waals surface area contributed by atoms with Crippen LogP contribution in [0.5, 0.6) is 0 Å². The van der Waals surface area contributed by atoms with Crippen LogP contribution in [-0.4, -0.2) is 27.6 Å². The average Bonchev–Trinajstić information content (AvgIpc) is 2.67. The quantitative estimate of drug-likeness (QED) is 0.326. The highest BCUT2D eigenvalue weighted by molar-refractivity contribution is 5.87. The van der Waals surface area contributed by atoms with Crippen molar-refractivity contribution >= 4 is 28.9 Å². The number of rotatable bonds is 3. The Morgan fingerprint density at radius 3 is 2.54 bits per heavy atom. The van der Waals surface area contributed by atoms with Crippen LogP contribution in [0.3, 0.4) is 0 Å². The number of anilines is 1. The molecule has 0 aliphatic heterocycles. The summed E-state index contributed by atoms with van der Waals surface area (Å²) in [5, 5.41) is 18.7. The van der Waals surface area contributed by atoms with Gasteiger partial charge in [0.25, 0.3) is 0 Å². The van der Waals surface area contributed by atoms with E-state index in [1.807, 2.05) is 12.1 Å². The van der Waals surface area contributed by atoms with Crippen LogP contribution in [0.25, 0.3) is 10.9 Å². The second kappa shape index (κ2) is 8.94. The Kier molecular flexibility index (Phi) is 6.16. The van der Waals surface area contributed by atoms with Gasteiger partial charge in [-0.3, -0.25) is 10.3 Å². The van der Waals surface area contributed by atoms with Crippen molar-refractivity contribution in [1.29, 1.82) is 0 Å². The average molecular weight is 384 g/mol. The first-order valence-corrected chi connectivity index (χ1v) is 8.50. The molecule has 3 rings (SSSR count). The molecule has 0 spiro atoms. The van der Waals surface area contributed by atoms with E-state index < -0.39 is 6.09 Å². The third-order valence-corrected chi connectivity index (χ3v) is 3.87. The zero-order chi connectivity index (χ0) is 21.4. The minimum Gasteiger partial charge on any atom is -0.465 e. The van der Waals surface area contributed by atoms with Gasteiger partial charge in [-0.25, -0.2) is 9.18 Å². The van der Waals surface area contributed by atoms with Gasteiger partial charge < -0.3 is 10.3 Å². The lowest BCUT2D eigenvalue weighted by Crippen LogP contribution is -2.10. The summed E-state index contributed by atoms with van der Waals surface area (Å²) in [4.78, 5) is 14.4. The third-order valence-electron chi connectivity index (χ3n) is 3.87. The number of fused-ring (bicyclic) bond motifs is 1. The third kappa shape index (κ3) is 6.05.